The molecule has 3 aromatic rings. The van der Waals surface area contributed by atoms with Crippen molar-refractivity contribution in [3.63, 3.8) is 0 Å². The largest absolute Gasteiger partial charge is 0.455 e. The molecule has 2 heterocycles. The molecule has 0 N–H and O–H groups in total. The average Bonchev–Trinajstić information content (AvgIpc) is 3.04. The lowest BCUT2D eigenvalue weighted by Crippen LogP contribution is -2.19. The number of nitrogens with zero attached hydrogens (tertiary/aromatic N) is 1. The van der Waals surface area contributed by atoms with Crippen molar-refractivity contribution in [1.82, 2.24) is 4.90 Å². The van der Waals surface area contributed by atoms with Gasteiger partial charge in [-0.1, -0.05) is 23.7 Å². The quantitative estimate of drug-likeness (QED) is 0.665. The van der Waals surface area contributed by atoms with Gasteiger partial charge in [-0.2, -0.15) is 0 Å². The molecular formula is C18H16ClNO2. The van der Waals surface area contributed by atoms with E-state index in [1.165, 1.54) is 12.8 Å². The van der Waals surface area contributed by atoms with E-state index in [1.807, 2.05) is 18.2 Å². The van der Waals surface area contributed by atoms with Crippen molar-refractivity contribution in [2.45, 2.75) is 19.4 Å². The minimum absolute atomic E-state index is 0.0104. The predicted molar refractivity (Wildman–Crippen MR) is 89.5 cm³/mol. The first-order valence-corrected chi connectivity index (χ1v) is 7.97. The molecule has 1 fully saturated rings. The second-order valence-electron chi connectivity index (χ2n) is 5.81. The van der Waals surface area contributed by atoms with E-state index >= 15 is 0 Å². The molecule has 1 saturated heterocycles. The summed E-state index contributed by atoms with van der Waals surface area (Å²) >= 11 is 6.40. The fourth-order valence-electron chi connectivity index (χ4n) is 3.21. The van der Waals surface area contributed by atoms with Gasteiger partial charge >= 0.3 is 0 Å². The molecule has 1 aromatic heterocycles. The highest BCUT2D eigenvalue weighted by Crippen LogP contribution is 2.29. The van der Waals surface area contributed by atoms with Crippen LogP contribution in [0.1, 0.15) is 18.4 Å². The van der Waals surface area contributed by atoms with Crippen molar-refractivity contribution in [1.29, 1.82) is 0 Å². The van der Waals surface area contributed by atoms with E-state index in [9.17, 15) is 4.79 Å². The van der Waals surface area contributed by atoms with Gasteiger partial charge in [0, 0.05) is 17.1 Å². The number of para-hydroxylation sites is 1. The molecule has 0 amide bonds. The SMILES string of the molecule is O=c1c2ccccc2oc2c(CN3CCCC3)c(Cl)ccc12. The summed E-state index contributed by atoms with van der Waals surface area (Å²) in [6.45, 7) is 2.88. The molecule has 0 atom stereocenters. The van der Waals surface area contributed by atoms with Gasteiger partial charge in [-0.25, -0.2) is 0 Å². The molecular weight excluding hydrogens is 298 g/mol. The maximum atomic E-state index is 12.7. The predicted octanol–water partition coefficient (Wildman–Crippen LogP) is 4.20. The van der Waals surface area contributed by atoms with E-state index in [0.717, 1.165) is 25.2 Å². The van der Waals surface area contributed by atoms with Crippen molar-refractivity contribution < 1.29 is 4.42 Å². The monoisotopic (exact) mass is 313 g/mol. The molecule has 0 bridgehead atoms. The topological polar surface area (TPSA) is 33.5 Å². The first kappa shape index (κ1) is 13.8. The number of likely N-dealkylation sites (tertiary alicyclic amines) is 1. The molecule has 112 valence electrons. The summed E-state index contributed by atoms with van der Waals surface area (Å²) < 4.78 is 6.04. The van der Waals surface area contributed by atoms with E-state index in [4.69, 9.17) is 16.0 Å². The van der Waals surface area contributed by atoms with Crippen LogP contribution in [-0.2, 0) is 6.54 Å². The number of fused-ring (bicyclic) bond motifs is 2. The van der Waals surface area contributed by atoms with E-state index in [-0.39, 0.29) is 5.43 Å². The van der Waals surface area contributed by atoms with Gasteiger partial charge in [0.2, 0.25) is 5.43 Å². The Labute approximate surface area is 133 Å². The van der Waals surface area contributed by atoms with E-state index < -0.39 is 0 Å². The van der Waals surface area contributed by atoms with E-state index in [0.29, 0.717) is 27.0 Å². The van der Waals surface area contributed by atoms with Crippen LogP contribution in [-0.4, -0.2) is 18.0 Å². The van der Waals surface area contributed by atoms with Crippen LogP contribution >= 0.6 is 11.6 Å². The Bertz CT molecular complexity index is 910. The fraction of sp³-hybridized carbons (Fsp3) is 0.278. The van der Waals surface area contributed by atoms with Crippen LogP contribution < -0.4 is 5.43 Å². The van der Waals surface area contributed by atoms with Crippen LogP contribution in [0.25, 0.3) is 21.9 Å². The zero-order valence-corrected chi connectivity index (χ0v) is 12.9. The Kier molecular flexibility index (Phi) is 3.40. The molecule has 0 radical (unpaired) electrons. The van der Waals surface area contributed by atoms with Crippen molar-refractivity contribution in [3.05, 3.63) is 57.2 Å². The first-order valence-electron chi connectivity index (χ1n) is 7.59. The zero-order chi connectivity index (χ0) is 15.1. The lowest BCUT2D eigenvalue weighted by atomic mass is 10.1. The number of benzene rings is 2. The molecule has 4 heteroatoms. The molecule has 0 spiro atoms. The van der Waals surface area contributed by atoms with Crippen LogP contribution in [0.2, 0.25) is 5.02 Å². The van der Waals surface area contributed by atoms with Crippen LogP contribution in [0.15, 0.2) is 45.6 Å². The van der Waals surface area contributed by atoms with Crippen LogP contribution in [0.5, 0.6) is 0 Å². The van der Waals surface area contributed by atoms with E-state index in [1.54, 1.807) is 18.2 Å². The molecule has 1 aliphatic heterocycles. The van der Waals surface area contributed by atoms with Crippen molar-refractivity contribution in [2.75, 3.05) is 13.1 Å². The Morgan fingerprint density at radius 1 is 1.05 bits per heavy atom. The van der Waals surface area contributed by atoms with Crippen molar-refractivity contribution in [3.8, 4) is 0 Å². The normalized spacial score (nSPS) is 15.9. The Hall–Kier alpha value is -1.84. The van der Waals surface area contributed by atoms with Gasteiger partial charge in [0.05, 0.1) is 10.8 Å². The molecule has 2 aromatic carbocycles. The summed E-state index contributed by atoms with van der Waals surface area (Å²) in [6, 6.07) is 10.9. The molecule has 0 unspecified atom stereocenters. The Morgan fingerprint density at radius 3 is 2.64 bits per heavy atom. The minimum Gasteiger partial charge on any atom is -0.455 e. The number of hydrogen-bond donors (Lipinski definition) is 0. The summed E-state index contributed by atoms with van der Waals surface area (Å²) in [5, 5.41) is 1.89. The van der Waals surface area contributed by atoms with Crippen LogP contribution in [0.3, 0.4) is 0 Å². The maximum absolute atomic E-state index is 12.7. The highest BCUT2D eigenvalue weighted by atomic mass is 35.5. The molecule has 1 aliphatic rings. The summed E-state index contributed by atoms with van der Waals surface area (Å²) in [6.07, 6.45) is 2.44. The lowest BCUT2D eigenvalue weighted by molar-refractivity contribution is 0.331. The molecule has 0 aliphatic carbocycles. The lowest BCUT2D eigenvalue weighted by Gasteiger charge is -2.16. The zero-order valence-electron chi connectivity index (χ0n) is 12.1. The van der Waals surface area contributed by atoms with Crippen molar-refractivity contribution >= 4 is 33.5 Å². The summed E-state index contributed by atoms with van der Waals surface area (Å²) in [4.78, 5) is 15.0. The number of hydrogen-bond acceptors (Lipinski definition) is 3. The van der Waals surface area contributed by atoms with Crippen LogP contribution in [0, 0.1) is 0 Å². The molecule has 0 saturated carbocycles. The second-order valence-corrected chi connectivity index (χ2v) is 6.22. The van der Waals surface area contributed by atoms with Gasteiger partial charge in [-0.15, -0.1) is 0 Å². The number of rotatable bonds is 2. The Balaban J connectivity index is 1.98. The second kappa shape index (κ2) is 5.41. The maximum Gasteiger partial charge on any atom is 0.200 e. The van der Waals surface area contributed by atoms with Gasteiger partial charge in [-0.05, 0) is 50.2 Å². The smallest absolute Gasteiger partial charge is 0.200 e. The first-order chi connectivity index (χ1) is 10.7. The molecule has 22 heavy (non-hydrogen) atoms. The van der Waals surface area contributed by atoms with Crippen molar-refractivity contribution in [2.24, 2.45) is 0 Å². The third kappa shape index (κ3) is 2.21. The summed E-state index contributed by atoms with van der Waals surface area (Å²) in [5.41, 5.74) is 2.17. The molecule has 4 rings (SSSR count). The number of halogens is 1. The van der Waals surface area contributed by atoms with Gasteiger partial charge in [0.15, 0.2) is 0 Å². The fourth-order valence-corrected chi connectivity index (χ4v) is 3.42. The van der Waals surface area contributed by atoms with Gasteiger partial charge in [0.1, 0.15) is 11.2 Å². The summed E-state index contributed by atoms with van der Waals surface area (Å²) in [7, 11) is 0. The highest BCUT2D eigenvalue weighted by molar-refractivity contribution is 6.32. The standard InChI is InChI=1S/C18H16ClNO2/c19-15-8-7-13-17(21)12-5-1-2-6-16(12)22-18(13)14(15)11-20-9-3-4-10-20/h1-2,5-8H,3-4,9-11H2. The van der Waals surface area contributed by atoms with Gasteiger partial charge in [-0.3, -0.25) is 9.69 Å². The average molecular weight is 314 g/mol. The van der Waals surface area contributed by atoms with Gasteiger partial charge in [0.25, 0.3) is 0 Å². The summed E-state index contributed by atoms with van der Waals surface area (Å²) in [5.74, 6) is 0. The van der Waals surface area contributed by atoms with E-state index in [2.05, 4.69) is 4.90 Å². The van der Waals surface area contributed by atoms with Crippen LogP contribution in [0.4, 0.5) is 0 Å². The minimum atomic E-state index is 0.0104. The highest BCUT2D eigenvalue weighted by Gasteiger charge is 2.18. The molecule has 3 nitrogen and oxygen atoms in total. The third-order valence-electron chi connectivity index (χ3n) is 4.37. The third-order valence-corrected chi connectivity index (χ3v) is 4.73. The Morgan fingerprint density at radius 2 is 1.82 bits per heavy atom. The van der Waals surface area contributed by atoms with Gasteiger partial charge < -0.3 is 4.42 Å².